The molecule has 0 heterocycles. The molecular formula is C36H52CrF6N2O2Sb-5. The summed E-state index contributed by atoms with van der Waals surface area (Å²) in [6, 6.07) is 8.15. The largest absolute Gasteiger partial charge is 3.00 e. The molecule has 276 valence electrons. The van der Waals surface area contributed by atoms with E-state index in [0.717, 1.165) is 47.9 Å². The van der Waals surface area contributed by atoms with Crippen LogP contribution in [-0.4, -0.2) is 48.9 Å². The zero-order valence-electron chi connectivity index (χ0n) is 30.3. The average Bonchev–Trinajstić information content (AvgIpc) is 2.80. The van der Waals surface area contributed by atoms with Crippen LogP contribution in [0.15, 0.2) is 34.3 Å². The van der Waals surface area contributed by atoms with Gasteiger partial charge in [0.1, 0.15) is 0 Å². The van der Waals surface area contributed by atoms with Gasteiger partial charge in [0.05, 0.1) is 12.1 Å². The van der Waals surface area contributed by atoms with Crippen molar-refractivity contribution in [3.63, 3.8) is 0 Å². The van der Waals surface area contributed by atoms with Crippen molar-refractivity contribution in [2.45, 2.75) is 143 Å². The molecule has 1 aliphatic rings. The number of hydrogen-bond donors (Lipinski definition) is 0. The van der Waals surface area contributed by atoms with Gasteiger partial charge in [0.2, 0.25) is 0 Å². The van der Waals surface area contributed by atoms with Crippen LogP contribution in [0.2, 0.25) is 0 Å². The fourth-order valence-electron chi connectivity index (χ4n) is 5.27. The second kappa shape index (κ2) is 21.5. The van der Waals surface area contributed by atoms with Crippen molar-refractivity contribution in [3.8, 4) is 11.5 Å². The van der Waals surface area contributed by atoms with E-state index in [0.29, 0.717) is 11.1 Å². The van der Waals surface area contributed by atoms with E-state index >= 15 is 0 Å². The number of hydrogen-bond acceptors (Lipinski definition) is 4. The topological polar surface area (TPSA) is 70.8 Å². The van der Waals surface area contributed by atoms with Gasteiger partial charge in [-0.1, -0.05) is 132 Å². The van der Waals surface area contributed by atoms with E-state index in [-0.39, 0.29) is 115 Å². The summed E-state index contributed by atoms with van der Waals surface area (Å²) < 4.78 is 0. The Morgan fingerprint density at radius 1 is 0.521 bits per heavy atom. The molecule has 1 saturated carbocycles. The van der Waals surface area contributed by atoms with Crippen LogP contribution in [0, 0.1) is 0 Å². The number of rotatable bonds is 4. The standard InChI is InChI=1S/C36H54N2O2.Cr.6FH.Sb/c1-33(2,3)25-17-23(31(39)27(19-25)35(7,8)9)21-37-29-15-13-14-16-30(29)38-22-24-18-26(34(4,5)6)20-28(32(24)40)36(10,11)12;;;;;;;;/h17-22,29-30,39-40H,13-16H2,1-12H3;;6*1H;/q;+3;;;;;;;/p-8/t29-,30-;;;;;;;;/m1......../s1. The van der Waals surface area contributed by atoms with Crippen LogP contribution in [0.1, 0.15) is 142 Å². The summed E-state index contributed by atoms with van der Waals surface area (Å²) in [7, 11) is 0. The first-order valence-electron chi connectivity index (χ1n) is 15.0. The number of nitrogens with zero attached hydrogens (tertiary/aromatic N) is 2. The van der Waals surface area contributed by atoms with Gasteiger partial charge >= 0.3 is 17.4 Å². The van der Waals surface area contributed by atoms with E-state index in [1.54, 1.807) is 12.4 Å². The van der Waals surface area contributed by atoms with Gasteiger partial charge in [-0.2, -0.15) is 0 Å². The predicted molar refractivity (Wildman–Crippen MR) is 174 cm³/mol. The third-order valence-corrected chi connectivity index (χ3v) is 8.09. The maximum Gasteiger partial charge on any atom is 3.00 e. The molecule has 3 rings (SSSR count). The van der Waals surface area contributed by atoms with Gasteiger partial charge in [0, 0.05) is 36.9 Å². The molecule has 0 spiro atoms. The fourth-order valence-corrected chi connectivity index (χ4v) is 5.27. The first-order valence-corrected chi connectivity index (χ1v) is 15.0. The summed E-state index contributed by atoms with van der Waals surface area (Å²) in [5.41, 5.74) is 4.62. The number of benzene rings is 2. The van der Waals surface area contributed by atoms with Crippen LogP contribution in [-0.2, 0) is 39.0 Å². The van der Waals surface area contributed by atoms with Crippen LogP contribution < -0.4 is 38.4 Å². The van der Waals surface area contributed by atoms with E-state index in [4.69, 9.17) is 9.98 Å². The molecule has 12 heteroatoms. The van der Waals surface area contributed by atoms with E-state index < -0.39 is 0 Å². The van der Waals surface area contributed by atoms with Gasteiger partial charge < -0.3 is 38.4 Å². The summed E-state index contributed by atoms with van der Waals surface area (Å²) in [5, 5.41) is 26.9. The molecule has 2 atom stereocenters. The van der Waals surface area contributed by atoms with Crippen molar-refractivity contribution in [3.05, 3.63) is 57.6 Å². The van der Waals surface area contributed by atoms with E-state index in [9.17, 15) is 10.2 Å². The normalized spacial score (nSPS) is 16.3. The molecule has 0 aliphatic heterocycles. The molecule has 1 fully saturated rings. The molecule has 0 N–H and O–H groups in total. The smallest absolute Gasteiger partial charge is 1.00 e. The van der Waals surface area contributed by atoms with Crippen molar-refractivity contribution >= 4 is 36.9 Å². The maximum absolute atomic E-state index is 13.5. The van der Waals surface area contributed by atoms with Gasteiger partial charge in [-0.3, -0.25) is 9.98 Å². The zero-order valence-corrected chi connectivity index (χ0v) is 34.1. The molecule has 2 aromatic rings. The van der Waals surface area contributed by atoms with Gasteiger partial charge in [-0.25, -0.2) is 0 Å². The first kappa shape index (κ1) is 58.5. The Hall–Kier alpha value is -1.69. The zero-order chi connectivity index (χ0) is 30.3. The molecule has 0 amide bonds. The molecule has 4 nitrogen and oxygen atoms in total. The van der Waals surface area contributed by atoms with Crippen molar-refractivity contribution in [2.75, 3.05) is 0 Å². The van der Waals surface area contributed by atoms with E-state index in [1.165, 1.54) is 0 Å². The van der Waals surface area contributed by atoms with Crippen LogP contribution in [0.25, 0.3) is 0 Å². The average molecular weight is 833 g/mol. The molecule has 2 aromatic carbocycles. The van der Waals surface area contributed by atoms with Crippen LogP contribution in [0.3, 0.4) is 0 Å². The van der Waals surface area contributed by atoms with Crippen LogP contribution in [0.5, 0.6) is 11.5 Å². The Balaban J connectivity index is -0.000000551. The Labute approximate surface area is 312 Å². The van der Waals surface area contributed by atoms with Crippen molar-refractivity contribution in [1.82, 2.24) is 0 Å². The van der Waals surface area contributed by atoms with Gasteiger partial charge in [-0.15, -0.1) is 0 Å². The second-order valence-corrected chi connectivity index (χ2v) is 15.9. The first-order chi connectivity index (χ1) is 18.2. The minimum absolute atomic E-state index is 0. The second-order valence-electron chi connectivity index (χ2n) is 15.9. The molecule has 0 unspecified atom stereocenters. The molecule has 0 bridgehead atoms. The van der Waals surface area contributed by atoms with Gasteiger partial charge in [0.15, 0.2) is 0 Å². The monoisotopic (exact) mass is 831 g/mol. The molecule has 4 radical (unpaired) electrons. The Bertz CT molecular complexity index is 1200. The predicted octanol–water partition coefficient (Wildman–Crippen LogP) is -10.5. The van der Waals surface area contributed by atoms with Gasteiger partial charge in [0.25, 0.3) is 0 Å². The molecule has 48 heavy (non-hydrogen) atoms. The Kier molecular flexibility index (Phi) is 26.2. The number of aliphatic imine (C=N–C) groups is 2. The summed E-state index contributed by atoms with van der Waals surface area (Å²) in [6.45, 7) is 25.6. The Morgan fingerprint density at radius 2 is 0.792 bits per heavy atom. The molecule has 1 aliphatic carbocycles. The minimum Gasteiger partial charge on any atom is -1.00 e. The Morgan fingerprint density at radius 3 is 1.02 bits per heavy atom. The summed E-state index contributed by atoms with van der Waals surface area (Å²) in [5.74, 6) is 0.120. The van der Waals surface area contributed by atoms with Crippen LogP contribution in [0.4, 0.5) is 0 Å². The quantitative estimate of drug-likeness (QED) is 0.175. The molecule has 0 saturated heterocycles. The number of halogens is 6. The fraction of sp³-hybridized carbons (Fsp3) is 0.611. The SMILES string of the molecule is CC(C)(C)c1cc(C=N[C@@H]2CCCC[C@H]2N=Cc2cc(C(C)(C)C)cc(C(C)(C)C)c2[O-])c([O-])c(C(C)(C)C)c1.[Cr+3].[F-].[F-].[F-].[F-].[F-].[F-].[Sb]. The summed E-state index contributed by atoms with van der Waals surface area (Å²) in [6.07, 6.45) is 7.63. The summed E-state index contributed by atoms with van der Waals surface area (Å²) in [4.78, 5) is 9.95. The summed E-state index contributed by atoms with van der Waals surface area (Å²) >= 11 is 0. The van der Waals surface area contributed by atoms with E-state index in [2.05, 4.69) is 95.2 Å². The van der Waals surface area contributed by atoms with Crippen LogP contribution >= 0.6 is 0 Å². The van der Waals surface area contributed by atoms with E-state index in [1.807, 2.05) is 12.1 Å². The minimum atomic E-state index is -0.248. The maximum atomic E-state index is 13.5. The van der Waals surface area contributed by atoms with Crippen molar-refractivity contribution in [2.24, 2.45) is 9.98 Å². The molecule has 0 aromatic heterocycles. The third-order valence-electron chi connectivity index (χ3n) is 8.09. The third kappa shape index (κ3) is 14.7. The van der Waals surface area contributed by atoms with Crippen molar-refractivity contribution in [1.29, 1.82) is 0 Å². The van der Waals surface area contributed by atoms with Crippen molar-refractivity contribution < 1.29 is 55.8 Å². The van der Waals surface area contributed by atoms with Gasteiger partial charge in [-0.05, 0) is 67.9 Å². The molecular weight excluding hydrogens is 780 g/mol.